The van der Waals surface area contributed by atoms with Crippen LogP contribution in [0.4, 0.5) is 39.5 Å². The van der Waals surface area contributed by atoms with Crippen LogP contribution in [0, 0.1) is 13.8 Å². The number of aryl methyl sites for hydroxylation is 2. The van der Waals surface area contributed by atoms with E-state index in [4.69, 9.17) is 39.2 Å². The second-order valence-corrected chi connectivity index (χ2v) is 10.7. The van der Waals surface area contributed by atoms with Gasteiger partial charge < -0.3 is 24.8 Å². The Hall–Kier alpha value is -3.56. The number of pyridine rings is 1. The third-order valence-corrected chi connectivity index (χ3v) is 6.59. The first-order chi connectivity index (χ1) is 20.9. The summed E-state index contributed by atoms with van der Waals surface area (Å²) in [5.41, 5.74) is 3.43. The fraction of sp³-hybridized carbons (Fsp3) is 0.560. The number of rotatable bonds is 5. The number of carboxylic acid groups (broad SMARTS) is 3. The van der Waals surface area contributed by atoms with E-state index in [-0.39, 0.29) is 11.7 Å². The molecule has 2 aromatic heterocycles. The van der Waals surface area contributed by atoms with Gasteiger partial charge in [0.25, 0.3) is 0 Å². The zero-order chi connectivity index (χ0) is 35.5. The summed E-state index contributed by atoms with van der Waals surface area (Å²) < 4.78 is 107. The number of hydrogen-bond donors (Lipinski definition) is 3. The highest BCUT2D eigenvalue weighted by Crippen LogP contribution is 2.36. The number of alkyl halides is 9. The van der Waals surface area contributed by atoms with Crippen LogP contribution < -0.4 is 0 Å². The molecule has 0 saturated carbocycles. The van der Waals surface area contributed by atoms with Gasteiger partial charge in [0.15, 0.2) is 0 Å². The molecule has 2 aromatic rings. The molecule has 2 saturated heterocycles. The predicted molar refractivity (Wildman–Crippen MR) is 139 cm³/mol. The fourth-order valence-corrected chi connectivity index (χ4v) is 4.62. The quantitative estimate of drug-likeness (QED) is 0.360. The minimum Gasteiger partial charge on any atom is -0.475 e. The summed E-state index contributed by atoms with van der Waals surface area (Å²) in [7, 11) is 0. The van der Waals surface area contributed by atoms with Gasteiger partial charge in [0, 0.05) is 49.6 Å². The largest absolute Gasteiger partial charge is 0.490 e. The number of thiazole rings is 1. The van der Waals surface area contributed by atoms with E-state index in [1.807, 2.05) is 19.3 Å². The van der Waals surface area contributed by atoms with Crippen molar-refractivity contribution in [2.24, 2.45) is 0 Å². The maximum absolute atomic E-state index is 10.6. The van der Waals surface area contributed by atoms with Crippen LogP contribution in [0.25, 0.3) is 0 Å². The Labute approximate surface area is 258 Å². The van der Waals surface area contributed by atoms with Gasteiger partial charge >= 0.3 is 36.4 Å². The Balaban J connectivity index is 0.000000413. The van der Waals surface area contributed by atoms with Gasteiger partial charge in [-0.15, -0.1) is 11.3 Å². The van der Waals surface area contributed by atoms with Crippen LogP contribution in [-0.4, -0.2) is 98.0 Å². The number of hydrogen-bond acceptors (Lipinski definition) is 9. The van der Waals surface area contributed by atoms with Gasteiger partial charge in [-0.1, -0.05) is 6.07 Å². The van der Waals surface area contributed by atoms with Crippen LogP contribution in [0.2, 0.25) is 0 Å². The lowest BCUT2D eigenvalue weighted by Gasteiger charge is -2.53. The molecule has 260 valence electrons. The molecule has 4 heterocycles. The Morgan fingerprint density at radius 3 is 1.87 bits per heavy atom. The summed E-state index contributed by atoms with van der Waals surface area (Å²) >= 11 is 1.75. The average molecular weight is 702 g/mol. The second kappa shape index (κ2) is 16.8. The Morgan fingerprint density at radius 2 is 1.46 bits per heavy atom. The van der Waals surface area contributed by atoms with Crippen molar-refractivity contribution in [1.82, 2.24) is 14.9 Å². The zero-order valence-corrected chi connectivity index (χ0v) is 24.7. The van der Waals surface area contributed by atoms with Crippen molar-refractivity contribution in [3.05, 3.63) is 45.7 Å². The summed E-state index contributed by atoms with van der Waals surface area (Å²) in [5, 5.41) is 24.7. The van der Waals surface area contributed by atoms with Crippen LogP contribution in [-0.2, 0) is 37.0 Å². The van der Waals surface area contributed by atoms with Gasteiger partial charge in [0.1, 0.15) is 5.01 Å². The van der Waals surface area contributed by atoms with Crippen molar-refractivity contribution in [3.8, 4) is 0 Å². The van der Waals surface area contributed by atoms with Gasteiger partial charge in [0.05, 0.1) is 24.9 Å². The molecule has 0 radical (unpaired) electrons. The van der Waals surface area contributed by atoms with Crippen molar-refractivity contribution in [2.75, 3.05) is 19.7 Å². The molecule has 1 spiro atoms. The van der Waals surface area contributed by atoms with Crippen LogP contribution in [0.1, 0.15) is 34.7 Å². The van der Waals surface area contributed by atoms with Gasteiger partial charge in [-0.25, -0.2) is 19.4 Å². The van der Waals surface area contributed by atoms with Gasteiger partial charge in [-0.2, -0.15) is 39.5 Å². The normalized spacial score (nSPS) is 17.6. The predicted octanol–water partition coefficient (Wildman–Crippen LogP) is 5.01. The molecule has 4 rings (SSSR count). The first-order valence-electron chi connectivity index (χ1n) is 12.6. The summed E-state index contributed by atoms with van der Waals surface area (Å²) in [4.78, 5) is 37.9. The number of carboxylic acids is 3. The number of aliphatic carboxylic acids is 3. The molecule has 21 heteroatoms. The standard InChI is InChI=1S/C19H25N3O2S.3C2HF3O2/c1-14-5-16(8-20-7-14)10-23-17-3-4-24-19(6-17)12-22(13-19)9-18-21-15(2)11-25-18;3*3-2(4,5)1(6)7/h5,7-8,11,17H,3-4,6,9-10,12-13H2,1-2H3;3*(H,6,7). The fourth-order valence-electron chi connectivity index (χ4n) is 3.80. The summed E-state index contributed by atoms with van der Waals surface area (Å²) in [6, 6.07) is 2.14. The van der Waals surface area contributed by atoms with E-state index in [1.54, 1.807) is 11.3 Å². The maximum atomic E-state index is 10.6. The van der Waals surface area contributed by atoms with Crippen LogP contribution in [0.15, 0.2) is 23.8 Å². The molecule has 1 unspecified atom stereocenters. The highest BCUT2D eigenvalue weighted by atomic mass is 32.1. The minimum absolute atomic E-state index is 0.0138. The summed E-state index contributed by atoms with van der Waals surface area (Å²) in [6.45, 7) is 8.44. The van der Waals surface area contributed by atoms with Gasteiger partial charge in [0.2, 0.25) is 0 Å². The first-order valence-corrected chi connectivity index (χ1v) is 13.5. The molecule has 3 N–H and O–H groups in total. The molecule has 11 nitrogen and oxygen atoms in total. The number of halogens is 9. The Bertz CT molecular complexity index is 1240. The van der Waals surface area contributed by atoms with E-state index in [0.717, 1.165) is 50.3 Å². The molecule has 2 aliphatic rings. The molecule has 0 aliphatic carbocycles. The molecule has 2 fully saturated rings. The Kier molecular flexibility index (Phi) is 14.8. The van der Waals surface area contributed by atoms with E-state index in [2.05, 4.69) is 33.2 Å². The third kappa shape index (κ3) is 15.1. The molecule has 1 atom stereocenters. The van der Waals surface area contributed by atoms with Crippen molar-refractivity contribution in [2.45, 2.75) is 70.1 Å². The maximum Gasteiger partial charge on any atom is 0.490 e. The molecule has 46 heavy (non-hydrogen) atoms. The van der Waals surface area contributed by atoms with Gasteiger partial charge in [-0.05, 0) is 31.4 Å². The number of likely N-dealkylation sites (tertiary alicyclic amines) is 1. The van der Waals surface area contributed by atoms with E-state index >= 15 is 0 Å². The summed E-state index contributed by atoms with van der Waals surface area (Å²) in [5.74, 6) is -8.27. The van der Waals surface area contributed by atoms with Crippen LogP contribution in [0.5, 0.6) is 0 Å². The molecule has 0 aromatic carbocycles. The highest BCUT2D eigenvalue weighted by molar-refractivity contribution is 7.09. The number of aromatic nitrogens is 2. The molecular weight excluding hydrogens is 673 g/mol. The highest BCUT2D eigenvalue weighted by Gasteiger charge is 2.48. The second-order valence-electron chi connectivity index (χ2n) is 9.76. The van der Waals surface area contributed by atoms with E-state index in [9.17, 15) is 39.5 Å². The monoisotopic (exact) mass is 701 g/mol. The molecule has 0 amide bonds. The molecular formula is C25H28F9N3O8S. The average Bonchev–Trinajstić information content (AvgIpc) is 3.31. The first kappa shape index (κ1) is 40.5. The zero-order valence-electron chi connectivity index (χ0n) is 23.9. The number of ether oxygens (including phenoxy) is 2. The van der Waals surface area contributed by atoms with Crippen LogP contribution >= 0.6 is 11.3 Å². The lowest BCUT2D eigenvalue weighted by molar-refractivity contribution is -0.200. The SMILES string of the molecule is Cc1cncc(COC2CCOC3(C2)CN(Cc2nc(C)cs2)C3)c1.O=C(O)C(F)(F)F.O=C(O)C(F)(F)F.O=C(O)C(F)(F)F. The summed E-state index contributed by atoms with van der Waals surface area (Å²) in [6.07, 6.45) is -9.24. The van der Waals surface area contributed by atoms with Crippen molar-refractivity contribution < 1.29 is 78.7 Å². The van der Waals surface area contributed by atoms with Crippen molar-refractivity contribution >= 4 is 29.2 Å². The van der Waals surface area contributed by atoms with Gasteiger partial charge in [-0.3, -0.25) is 9.88 Å². The van der Waals surface area contributed by atoms with Crippen molar-refractivity contribution in [3.63, 3.8) is 0 Å². The van der Waals surface area contributed by atoms with E-state index in [1.165, 1.54) is 10.6 Å². The third-order valence-electron chi connectivity index (χ3n) is 5.64. The topological polar surface area (TPSA) is 159 Å². The Morgan fingerprint density at radius 1 is 0.957 bits per heavy atom. The molecule has 2 aliphatic heterocycles. The number of carbonyl (C=O) groups is 3. The minimum atomic E-state index is -5.08. The smallest absolute Gasteiger partial charge is 0.475 e. The lowest BCUT2D eigenvalue weighted by atomic mass is 9.84. The van der Waals surface area contributed by atoms with E-state index < -0.39 is 36.4 Å². The van der Waals surface area contributed by atoms with Crippen molar-refractivity contribution in [1.29, 1.82) is 0 Å². The van der Waals surface area contributed by atoms with E-state index in [0.29, 0.717) is 6.61 Å². The molecule has 0 bridgehead atoms. The lowest BCUT2D eigenvalue weighted by Crippen LogP contribution is -2.65. The number of nitrogens with zero attached hydrogens (tertiary/aromatic N) is 3. The van der Waals surface area contributed by atoms with Crippen LogP contribution in [0.3, 0.4) is 0 Å².